The minimum atomic E-state index is -0.172. The number of hydrogen-bond donors (Lipinski definition) is 0. The Balaban J connectivity index is 3.73. The van der Waals surface area contributed by atoms with Crippen molar-refractivity contribution in [3.05, 3.63) is 0 Å². The van der Waals surface area contributed by atoms with Gasteiger partial charge < -0.3 is 9.47 Å². The first-order valence-electron chi connectivity index (χ1n) is 6.41. The average molecular weight is 230 g/mol. The van der Waals surface area contributed by atoms with Gasteiger partial charge in [-0.05, 0) is 26.7 Å². The Bertz CT molecular complexity index is 180. The first-order chi connectivity index (χ1) is 7.63. The van der Waals surface area contributed by atoms with E-state index in [2.05, 4.69) is 13.8 Å². The molecule has 0 bridgehead atoms. The van der Waals surface area contributed by atoms with Gasteiger partial charge in [0.1, 0.15) is 0 Å². The van der Waals surface area contributed by atoms with Crippen molar-refractivity contribution in [2.45, 2.75) is 59.5 Å². The summed E-state index contributed by atoms with van der Waals surface area (Å²) >= 11 is 0. The third-order valence-corrected chi connectivity index (χ3v) is 2.70. The van der Waals surface area contributed by atoms with Gasteiger partial charge in [0, 0.05) is 6.61 Å². The predicted octanol–water partition coefficient (Wildman–Crippen LogP) is 3.17. The number of hydrogen-bond acceptors (Lipinski definition) is 3. The highest BCUT2D eigenvalue weighted by Crippen LogP contribution is 2.10. The maximum atomic E-state index is 11.6. The summed E-state index contributed by atoms with van der Waals surface area (Å²) in [5, 5.41) is 0. The minimum Gasteiger partial charge on any atom is -0.465 e. The molecule has 0 heterocycles. The van der Waals surface area contributed by atoms with E-state index in [1.165, 1.54) is 0 Å². The molecule has 0 unspecified atom stereocenters. The molecule has 0 aromatic rings. The van der Waals surface area contributed by atoms with E-state index in [-0.39, 0.29) is 18.0 Å². The Kier molecular flexibility index (Phi) is 9.30. The molecule has 0 rings (SSSR count). The fraction of sp³-hybridized carbons (Fsp3) is 0.923. The van der Waals surface area contributed by atoms with Gasteiger partial charge in [-0.2, -0.15) is 0 Å². The van der Waals surface area contributed by atoms with Crippen molar-refractivity contribution < 1.29 is 14.3 Å². The van der Waals surface area contributed by atoms with Crippen molar-refractivity contribution in [2.75, 3.05) is 13.2 Å². The number of carbonyl (C=O) groups excluding carboxylic acids is 1. The molecular weight excluding hydrogens is 204 g/mol. The van der Waals surface area contributed by atoms with Crippen LogP contribution in [0, 0.1) is 5.92 Å². The van der Waals surface area contributed by atoms with Gasteiger partial charge in [-0.15, -0.1) is 0 Å². The van der Waals surface area contributed by atoms with Crippen LogP contribution in [0.4, 0.5) is 0 Å². The van der Waals surface area contributed by atoms with Crippen LogP contribution in [0.25, 0.3) is 0 Å². The SMILES string of the molecule is CCCCOC(=O)[C@@H](C)[C@@H](C)OCCCC. The molecule has 3 nitrogen and oxygen atoms in total. The van der Waals surface area contributed by atoms with Crippen molar-refractivity contribution in [1.82, 2.24) is 0 Å². The first kappa shape index (κ1) is 15.4. The van der Waals surface area contributed by atoms with E-state index in [1.54, 1.807) is 0 Å². The quantitative estimate of drug-likeness (QED) is 0.451. The average Bonchev–Trinajstić information content (AvgIpc) is 2.28. The van der Waals surface area contributed by atoms with Crippen molar-refractivity contribution in [1.29, 1.82) is 0 Å². The Morgan fingerprint density at radius 1 is 1.06 bits per heavy atom. The lowest BCUT2D eigenvalue weighted by molar-refractivity contribution is -0.153. The van der Waals surface area contributed by atoms with Crippen LogP contribution >= 0.6 is 0 Å². The summed E-state index contributed by atoms with van der Waals surface area (Å²) in [5.41, 5.74) is 0. The van der Waals surface area contributed by atoms with Crippen molar-refractivity contribution >= 4 is 5.97 Å². The zero-order valence-corrected chi connectivity index (χ0v) is 11.1. The lowest BCUT2D eigenvalue weighted by Gasteiger charge is -2.19. The Morgan fingerprint density at radius 3 is 2.19 bits per heavy atom. The van der Waals surface area contributed by atoms with Crippen molar-refractivity contribution in [3.63, 3.8) is 0 Å². The first-order valence-corrected chi connectivity index (χ1v) is 6.41. The van der Waals surface area contributed by atoms with E-state index < -0.39 is 0 Å². The van der Waals surface area contributed by atoms with Gasteiger partial charge >= 0.3 is 5.97 Å². The van der Waals surface area contributed by atoms with Gasteiger partial charge in [0.15, 0.2) is 0 Å². The van der Waals surface area contributed by atoms with Crippen LogP contribution in [-0.2, 0) is 14.3 Å². The molecule has 0 aliphatic heterocycles. The minimum absolute atomic E-state index is 0.0549. The number of ether oxygens (including phenoxy) is 2. The van der Waals surface area contributed by atoms with Gasteiger partial charge in [-0.3, -0.25) is 4.79 Å². The van der Waals surface area contributed by atoms with Crippen LogP contribution in [-0.4, -0.2) is 25.3 Å². The third kappa shape index (κ3) is 6.83. The molecule has 16 heavy (non-hydrogen) atoms. The van der Waals surface area contributed by atoms with Gasteiger partial charge in [-0.1, -0.05) is 26.7 Å². The molecule has 0 N–H and O–H groups in total. The van der Waals surface area contributed by atoms with Crippen molar-refractivity contribution in [3.8, 4) is 0 Å². The lowest BCUT2D eigenvalue weighted by atomic mass is 10.1. The number of esters is 1. The summed E-state index contributed by atoms with van der Waals surface area (Å²) < 4.78 is 10.7. The Labute approximate surface area is 99.5 Å². The fourth-order valence-corrected chi connectivity index (χ4v) is 1.20. The predicted molar refractivity (Wildman–Crippen MR) is 65.4 cm³/mol. The van der Waals surface area contributed by atoms with Gasteiger partial charge in [-0.25, -0.2) is 0 Å². The molecule has 0 aromatic carbocycles. The summed E-state index contributed by atoms with van der Waals surface area (Å²) in [6, 6.07) is 0. The molecule has 0 amide bonds. The van der Waals surface area contributed by atoms with Crippen LogP contribution in [0.15, 0.2) is 0 Å². The number of unbranched alkanes of at least 4 members (excludes halogenated alkanes) is 2. The molecule has 0 aromatic heterocycles. The normalized spacial score (nSPS) is 14.5. The van der Waals surface area contributed by atoms with Gasteiger partial charge in [0.2, 0.25) is 0 Å². The van der Waals surface area contributed by atoms with Crippen LogP contribution in [0.2, 0.25) is 0 Å². The smallest absolute Gasteiger partial charge is 0.311 e. The monoisotopic (exact) mass is 230 g/mol. The summed E-state index contributed by atoms with van der Waals surface area (Å²) in [7, 11) is 0. The molecule has 0 saturated carbocycles. The van der Waals surface area contributed by atoms with E-state index >= 15 is 0 Å². The standard InChI is InChI=1S/C13H26O3/c1-5-7-9-15-12(4)11(3)13(14)16-10-8-6-2/h11-12H,5-10H2,1-4H3/t11-,12+/m0/s1. The summed E-state index contributed by atoms with van der Waals surface area (Å²) in [6.07, 6.45) is 4.08. The summed E-state index contributed by atoms with van der Waals surface area (Å²) in [6.45, 7) is 9.25. The number of rotatable bonds is 9. The van der Waals surface area contributed by atoms with Crippen LogP contribution in [0.5, 0.6) is 0 Å². The molecule has 0 radical (unpaired) electrons. The molecule has 0 spiro atoms. The van der Waals surface area contributed by atoms with E-state index in [0.29, 0.717) is 6.61 Å². The van der Waals surface area contributed by atoms with E-state index in [4.69, 9.17) is 9.47 Å². The molecule has 96 valence electrons. The van der Waals surface area contributed by atoms with E-state index in [0.717, 1.165) is 32.3 Å². The molecule has 0 aliphatic carbocycles. The second-order valence-corrected chi connectivity index (χ2v) is 4.24. The zero-order valence-electron chi connectivity index (χ0n) is 11.1. The highest BCUT2D eigenvalue weighted by atomic mass is 16.5. The molecular formula is C13H26O3. The maximum Gasteiger partial charge on any atom is 0.311 e. The largest absolute Gasteiger partial charge is 0.465 e. The van der Waals surface area contributed by atoms with E-state index in [1.807, 2.05) is 13.8 Å². The molecule has 3 heteroatoms. The van der Waals surface area contributed by atoms with Crippen molar-refractivity contribution in [2.24, 2.45) is 5.92 Å². The van der Waals surface area contributed by atoms with Crippen LogP contribution in [0.1, 0.15) is 53.4 Å². The Morgan fingerprint density at radius 2 is 1.62 bits per heavy atom. The topological polar surface area (TPSA) is 35.5 Å². The van der Waals surface area contributed by atoms with Crippen LogP contribution in [0.3, 0.4) is 0 Å². The Hall–Kier alpha value is -0.570. The molecule has 0 fully saturated rings. The van der Waals surface area contributed by atoms with Crippen LogP contribution < -0.4 is 0 Å². The molecule has 0 saturated heterocycles. The van der Waals surface area contributed by atoms with E-state index in [9.17, 15) is 4.79 Å². The second kappa shape index (κ2) is 9.64. The third-order valence-electron chi connectivity index (χ3n) is 2.70. The lowest BCUT2D eigenvalue weighted by Crippen LogP contribution is -2.28. The maximum absolute atomic E-state index is 11.6. The second-order valence-electron chi connectivity index (χ2n) is 4.24. The van der Waals surface area contributed by atoms with Gasteiger partial charge in [0.05, 0.1) is 18.6 Å². The molecule has 0 aliphatic rings. The highest BCUT2D eigenvalue weighted by molar-refractivity contribution is 5.72. The number of carbonyl (C=O) groups is 1. The van der Waals surface area contributed by atoms with Gasteiger partial charge in [0.25, 0.3) is 0 Å². The molecule has 2 atom stereocenters. The summed E-state index contributed by atoms with van der Waals surface area (Å²) in [4.78, 5) is 11.6. The highest BCUT2D eigenvalue weighted by Gasteiger charge is 2.21. The summed E-state index contributed by atoms with van der Waals surface area (Å²) in [5.74, 6) is -0.314. The zero-order chi connectivity index (χ0) is 12.4. The fourth-order valence-electron chi connectivity index (χ4n) is 1.20.